The Balaban J connectivity index is 2.04. The van der Waals surface area contributed by atoms with E-state index in [1.165, 1.54) is 0 Å². The SMILES string of the molecule is COc1ccc(C(N)CC2OCCO2)c(C)c1. The first-order valence-corrected chi connectivity index (χ1v) is 5.84. The molecule has 0 amide bonds. The summed E-state index contributed by atoms with van der Waals surface area (Å²) in [5, 5.41) is 0. The maximum Gasteiger partial charge on any atom is 0.159 e. The topological polar surface area (TPSA) is 53.7 Å². The van der Waals surface area contributed by atoms with Crippen molar-refractivity contribution < 1.29 is 14.2 Å². The Morgan fingerprint density at radius 1 is 1.41 bits per heavy atom. The normalized spacial score (nSPS) is 18.3. The lowest BCUT2D eigenvalue weighted by molar-refractivity contribution is -0.0507. The lowest BCUT2D eigenvalue weighted by Crippen LogP contribution is -2.20. The molecule has 0 radical (unpaired) electrons. The van der Waals surface area contributed by atoms with E-state index in [-0.39, 0.29) is 12.3 Å². The maximum atomic E-state index is 6.17. The van der Waals surface area contributed by atoms with Gasteiger partial charge in [-0.15, -0.1) is 0 Å². The second kappa shape index (κ2) is 5.49. The first-order chi connectivity index (χ1) is 8.20. The number of rotatable bonds is 4. The summed E-state index contributed by atoms with van der Waals surface area (Å²) < 4.78 is 16.0. The molecule has 0 aliphatic carbocycles. The van der Waals surface area contributed by atoms with Gasteiger partial charge in [0, 0.05) is 12.5 Å². The second-order valence-electron chi connectivity index (χ2n) is 4.24. The lowest BCUT2D eigenvalue weighted by Gasteiger charge is -2.18. The Hall–Kier alpha value is -1.10. The van der Waals surface area contributed by atoms with Crippen LogP contribution >= 0.6 is 0 Å². The molecule has 94 valence electrons. The third kappa shape index (κ3) is 2.97. The number of aryl methyl sites for hydroxylation is 1. The first-order valence-electron chi connectivity index (χ1n) is 5.84. The van der Waals surface area contributed by atoms with Crippen molar-refractivity contribution in [1.82, 2.24) is 0 Å². The van der Waals surface area contributed by atoms with Crippen molar-refractivity contribution in [3.05, 3.63) is 29.3 Å². The standard InChI is InChI=1S/C13H19NO3/c1-9-7-10(15-2)3-4-11(9)12(14)8-13-16-5-6-17-13/h3-4,7,12-13H,5-6,8,14H2,1-2H3. The van der Waals surface area contributed by atoms with Crippen molar-refractivity contribution in [2.45, 2.75) is 25.7 Å². The van der Waals surface area contributed by atoms with Crippen LogP contribution in [0.1, 0.15) is 23.6 Å². The summed E-state index contributed by atoms with van der Waals surface area (Å²) in [6, 6.07) is 5.86. The number of nitrogens with two attached hydrogens (primary N) is 1. The van der Waals surface area contributed by atoms with E-state index < -0.39 is 0 Å². The summed E-state index contributed by atoms with van der Waals surface area (Å²) in [6.45, 7) is 3.37. The van der Waals surface area contributed by atoms with Gasteiger partial charge in [-0.3, -0.25) is 0 Å². The molecule has 1 aromatic rings. The van der Waals surface area contributed by atoms with E-state index in [1.807, 2.05) is 25.1 Å². The fourth-order valence-electron chi connectivity index (χ4n) is 2.07. The smallest absolute Gasteiger partial charge is 0.159 e. The number of methoxy groups -OCH3 is 1. The van der Waals surface area contributed by atoms with Crippen molar-refractivity contribution >= 4 is 0 Å². The number of ether oxygens (including phenoxy) is 3. The van der Waals surface area contributed by atoms with Crippen LogP contribution in [0.3, 0.4) is 0 Å². The van der Waals surface area contributed by atoms with Crippen LogP contribution in [0.2, 0.25) is 0 Å². The Bertz CT molecular complexity index is 375. The van der Waals surface area contributed by atoms with E-state index in [0.717, 1.165) is 16.9 Å². The van der Waals surface area contributed by atoms with Crippen LogP contribution in [0.5, 0.6) is 5.75 Å². The zero-order valence-electron chi connectivity index (χ0n) is 10.3. The van der Waals surface area contributed by atoms with Gasteiger partial charge in [0.25, 0.3) is 0 Å². The summed E-state index contributed by atoms with van der Waals surface area (Å²) >= 11 is 0. The molecule has 1 heterocycles. The van der Waals surface area contributed by atoms with Gasteiger partial charge in [-0.25, -0.2) is 0 Å². The first kappa shape index (κ1) is 12.4. The van der Waals surface area contributed by atoms with Gasteiger partial charge in [-0.1, -0.05) is 6.07 Å². The minimum Gasteiger partial charge on any atom is -0.497 e. The van der Waals surface area contributed by atoms with Crippen LogP contribution in [0.25, 0.3) is 0 Å². The third-order valence-electron chi connectivity index (χ3n) is 3.01. The van der Waals surface area contributed by atoms with Crippen molar-refractivity contribution in [1.29, 1.82) is 0 Å². The largest absolute Gasteiger partial charge is 0.497 e. The Morgan fingerprint density at radius 3 is 2.71 bits per heavy atom. The van der Waals surface area contributed by atoms with E-state index in [0.29, 0.717) is 19.6 Å². The van der Waals surface area contributed by atoms with Crippen LogP contribution in [0, 0.1) is 6.92 Å². The van der Waals surface area contributed by atoms with Crippen molar-refractivity contribution in [2.24, 2.45) is 5.73 Å². The highest BCUT2D eigenvalue weighted by Crippen LogP contribution is 2.25. The molecule has 1 unspecified atom stereocenters. The van der Waals surface area contributed by atoms with Crippen LogP contribution in [0.15, 0.2) is 18.2 Å². The van der Waals surface area contributed by atoms with E-state index in [1.54, 1.807) is 7.11 Å². The minimum absolute atomic E-state index is 0.0657. The lowest BCUT2D eigenvalue weighted by atomic mass is 9.99. The number of hydrogen-bond acceptors (Lipinski definition) is 4. The molecule has 17 heavy (non-hydrogen) atoms. The van der Waals surface area contributed by atoms with Gasteiger partial charge < -0.3 is 19.9 Å². The molecule has 4 nitrogen and oxygen atoms in total. The molecule has 1 aromatic carbocycles. The molecule has 1 fully saturated rings. The fraction of sp³-hybridized carbons (Fsp3) is 0.538. The summed E-state index contributed by atoms with van der Waals surface area (Å²) in [5.41, 5.74) is 8.42. The minimum atomic E-state index is -0.161. The summed E-state index contributed by atoms with van der Waals surface area (Å²) in [5.74, 6) is 0.854. The molecule has 0 spiro atoms. The van der Waals surface area contributed by atoms with Crippen LogP contribution in [-0.2, 0) is 9.47 Å². The van der Waals surface area contributed by atoms with Crippen molar-refractivity contribution in [3.8, 4) is 5.75 Å². The van der Waals surface area contributed by atoms with Gasteiger partial charge in [-0.2, -0.15) is 0 Å². The maximum absolute atomic E-state index is 6.17. The predicted molar refractivity (Wildman–Crippen MR) is 65.0 cm³/mol. The molecule has 0 saturated carbocycles. The average Bonchev–Trinajstić information content (AvgIpc) is 2.81. The quantitative estimate of drug-likeness (QED) is 0.867. The Morgan fingerprint density at radius 2 is 2.12 bits per heavy atom. The van der Waals surface area contributed by atoms with E-state index in [9.17, 15) is 0 Å². The molecule has 0 aromatic heterocycles. The van der Waals surface area contributed by atoms with E-state index in [4.69, 9.17) is 19.9 Å². The third-order valence-corrected chi connectivity index (χ3v) is 3.01. The Labute approximate surface area is 102 Å². The molecule has 0 bridgehead atoms. The highest BCUT2D eigenvalue weighted by Gasteiger charge is 2.21. The number of hydrogen-bond donors (Lipinski definition) is 1. The molecule has 1 aliphatic heterocycles. The monoisotopic (exact) mass is 237 g/mol. The zero-order valence-corrected chi connectivity index (χ0v) is 10.3. The van der Waals surface area contributed by atoms with Crippen molar-refractivity contribution in [3.63, 3.8) is 0 Å². The zero-order chi connectivity index (χ0) is 12.3. The van der Waals surface area contributed by atoms with Crippen LogP contribution in [0.4, 0.5) is 0 Å². The molecule has 4 heteroatoms. The van der Waals surface area contributed by atoms with Gasteiger partial charge in [0.2, 0.25) is 0 Å². The number of benzene rings is 1. The second-order valence-corrected chi connectivity index (χ2v) is 4.24. The van der Waals surface area contributed by atoms with Gasteiger partial charge in [0.05, 0.1) is 20.3 Å². The molecular weight excluding hydrogens is 218 g/mol. The summed E-state index contributed by atoms with van der Waals surface area (Å²) in [4.78, 5) is 0. The molecular formula is C13H19NO3. The highest BCUT2D eigenvalue weighted by atomic mass is 16.7. The Kier molecular flexibility index (Phi) is 3.99. The van der Waals surface area contributed by atoms with Gasteiger partial charge in [0.15, 0.2) is 6.29 Å². The van der Waals surface area contributed by atoms with Crippen LogP contribution in [-0.4, -0.2) is 26.6 Å². The van der Waals surface area contributed by atoms with Gasteiger partial charge in [-0.05, 0) is 30.2 Å². The summed E-state index contributed by atoms with van der Waals surface area (Å²) in [6.07, 6.45) is 0.527. The van der Waals surface area contributed by atoms with Crippen molar-refractivity contribution in [2.75, 3.05) is 20.3 Å². The van der Waals surface area contributed by atoms with Crippen LogP contribution < -0.4 is 10.5 Å². The molecule has 1 aliphatic rings. The highest BCUT2D eigenvalue weighted by molar-refractivity contribution is 5.36. The van der Waals surface area contributed by atoms with Gasteiger partial charge in [0.1, 0.15) is 5.75 Å². The fourth-order valence-corrected chi connectivity index (χ4v) is 2.07. The molecule has 1 atom stereocenters. The molecule has 2 N–H and O–H groups in total. The van der Waals surface area contributed by atoms with E-state index in [2.05, 4.69) is 0 Å². The predicted octanol–water partition coefficient (Wildman–Crippen LogP) is 1.77. The van der Waals surface area contributed by atoms with E-state index >= 15 is 0 Å². The molecule has 1 saturated heterocycles. The summed E-state index contributed by atoms with van der Waals surface area (Å²) in [7, 11) is 1.66. The average molecular weight is 237 g/mol. The van der Waals surface area contributed by atoms with Gasteiger partial charge >= 0.3 is 0 Å². The molecule has 2 rings (SSSR count).